The number of likely N-dealkylation sites (N-methyl/N-ethyl adjacent to an activating group) is 1. The Morgan fingerprint density at radius 2 is 1.71 bits per heavy atom. The van der Waals surface area contributed by atoms with Crippen LogP contribution < -0.4 is 4.90 Å². The summed E-state index contributed by atoms with van der Waals surface area (Å²) in [6.45, 7) is 8.61. The highest BCUT2D eigenvalue weighted by atomic mass is 32.2. The highest BCUT2D eigenvalue weighted by Gasteiger charge is 2.30. The predicted molar refractivity (Wildman–Crippen MR) is 108 cm³/mol. The molecule has 2 aliphatic heterocycles. The molecule has 2 fully saturated rings. The van der Waals surface area contributed by atoms with Gasteiger partial charge in [-0.25, -0.2) is 18.4 Å². The summed E-state index contributed by atoms with van der Waals surface area (Å²) in [5.74, 6) is 0.764. The molecule has 0 saturated carbocycles. The molecule has 0 spiro atoms. The van der Waals surface area contributed by atoms with Gasteiger partial charge in [0.2, 0.25) is 11.9 Å². The van der Waals surface area contributed by atoms with Gasteiger partial charge in [-0.15, -0.1) is 0 Å². The smallest absolute Gasteiger partial charge is 0.225 e. The van der Waals surface area contributed by atoms with Crippen molar-refractivity contribution in [2.75, 3.05) is 57.5 Å². The molecule has 1 aromatic heterocycles. The van der Waals surface area contributed by atoms with Crippen LogP contribution in [0.4, 0.5) is 5.95 Å². The van der Waals surface area contributed by atoms with Crippen LogP contribution in [-0.2, 0) is 14.6 Å². The van der Waals surface area contributed by atoms with Crippen molar-refractivity contribution in [3.63, 3.8) is 0 Å². The van der Waals surface area contributed by atoms with Crippen LogP contribution in [0.2, 0.25) is 0 Å². The molecule has 1 amide bonds. The molecule has 0 N–H and O–H groups in total. The zero-order valence-electron chi connectivity index (χ0n) is 17.3. The number of carbonyl (C=O) groups excluding carboxylic acids is 1. The number of nitrogens with zero attached hydrogens (tertiary/aromatic N) is 5. The number of likely N-dealkylation sites (tertiary alicyclic amines) is 1. The van der Waals surface area contributed by atoms with Gasteiger partial charge in [-0.2, -0.15) is 0 Å². The van der Waals surface area contributed by atoms with Crippen LogP contribution in [0.15, 0.2) is 11.1 Å². The lowest BCUT2D eigenvalue weighted by Gasteiger charge is -2.35. The molecule has 8 nitrogen and oxygen atoms in total. The molecule has 2 saturated heterocycles. The lowest BCUT2D eigenvalue weighted by Crippen LogP contribution is -2.45. The Balaban J connectivity index is 1.84. The van der Waals surface area contributed by atoms with Crippen molar-refractivity contribution >= 4 is 21.7 Å². The van der Waals surface area contributed by atoms with Gasteiger partial charge in [-0.05, 0) is 19.9 Å². The minimum atomic E-state index is -3.41. The van der Waals surface area contributed by atoms with Crippen LogP contribution in [0.1, 0.15) is 38.3 Å². The normalized spacial score (nSPS) is 20.0. The fourth-order valence-electron chi connectivity index (χ4n) is 3.85. The number of aromatic nitrogens is 2. The third-order valence-corrected chi connectivity index (χ3v) is 6.76. The Hall–Kier alpha value is -1.74. The third-order valence-electron chi connectivity index (χ3n) is 5.64. The van der Waals surface area contributed by atoms with E-state index in [-0.39, 0.29) is 22.6 Å². The van der Waals surface area contributed by atoms with E-state index in [1.807, 2.05) is 18.7 Å². The Kier molecular flexibility index (Phi) is 6.24. The second kappa shape index (κ2) is 8.32. The summed E-state index contributed by atoms with van der Waals surface area (Å²) >= 11 is 0. The third kappa shape index (κ3) is 4.63. The van der Waals surface area contributed by atoms with Crippen molar-refractivity contribution in [1.29, 1.82) is 0 Å². The molecule has 3 heterocycles. The molecule has 0 aliphatic carbocycles. The Morgan fingerprint density at radius 1 is 1.11 bits per heavy atom. The topological polar surface area (TPSA) is 86.7 Å². The number of sulfone groups is 1. The first-order chi connectivity index (χ1) is 13.2. The molecule has 0 aromatic carbocycles. The first-order valence-corrected chi connectivity index (χ1v) is 11.8. The van der Waals surface area contributed by atoms with E-state index in [0.29, 0.717) is 24.7 Å². The van der Waals surface area contributed by atoms with E-state index >= 15 is 0 Å². The van der Waals surface area contributed by atoms with E-state index in [1.54, 1.807) is 0 Å². The molecule has 9 heteroatoms. The van der Waals surface area contributed by atoms with Crippen LogP contribution in [-0.4, -0.2) is 86.7 Å². The van der Waals surface area contributed by atoms with Crippen LogP contribution in [0.3, 0.4) is 0 Å². The monoisotopic (exact) mass is 409 g/mol. The van der Waals surface area contributed by atoms with E-state index in [1.165, 1.54) is 12.5 Å². The number of piperazine rings is 1. The summed E-state index contributed by atoms with van der Waals surface area (Å²) in [5, 5.41) is 0. The van der Waals surface area contributed by atoms with Gasteiger partial charge in [0.05, 0.1) is 11.9 Å². The SMILES string of the molecule is CC(C)C(=O)N1CCC(c2nc(N3CCN(C)CC3)ncc2S(C)(=O)=O)CC1. The summed E-state index contributed by atoms with van der Waals surface area (Å²) in [6, 6.07) is 0. The van der Waals surface area contributed by atoms with E-state index in [0.717, 1.165) is 39.0 Å². The van der Waals surface area contributed by atoms with Gasteiger partial charge in [-0.3, -0.25) is 4.79 Å². The summed E-state index contributed by atoms with van der Waals surface area (Å²) in [7, 11) is -1.33. The Labute approximate surface area is 167 Å². The van der Waals surface area contributed by atoms with Gasteiger partial charge in [0.25, 0.3) is 0 Å². The lowest BCUT2D eigenvalue weighted by atomic mass is 9.92. The van der Waals surface area contributed by atoms with E-state index in [2.05, 4.69) is 21.8 Å². The maximum absolute atomic E-state index is 12.3. The van der Waals surface area contributed by atoms with Crippen molar-refractivity contribution in [1.82, 2.24) is 19.8 Å². The fourth-order valence-corrected chi connectivity index (χ4v) is 4.69. The van der Waals surface area contributed by atoms with E-state index in [4.69, 9.17) is 4.98 Å². The number of hydrogen-bond acceptors (Lipinski definition) is 7. The second-order valence-corrected chi connectivity index (χ2v) is 10.2. The summed E-state index contributed by atoms with van der Waals surface area (Å²) in [4.78, 5) is 27.8. The molecule has 2 aliphatic rings. The van der Waals surface area contributed by atoms with Crippen molar-refractivity contribution in [2.45, 2.75) is 37.5 Å². The maximum atomic E-state index is 12.3. The molecular weight excluding hydrogens is 378 g/mol. The van der Waals surface area contributed by atoms with Gasteiger partial charge in [0, 0.05) is 57.4 Å². The van der Waals surface area contributed by atoms with Crippen molar-refractivity contribution in [2.24, 2.45) is 5.92 Å². The van der Waals surface area contributed by atoms with Crippen LogP contribution in [0, 0.1) is 5.92 Å². The molecule has 0 unspecified atom stereocenters. The zero-order chi connectivity index (χ0) is 20.5. The van der Waals surface area contributed by atoms with Gasteiger partial charge >= 0.3 is 0 Å². The average Bonchev–Trinajstić information content (AvgIpc) is 2.67. The summed E-state index contributed by atoms with van der Waals surface area (Å²) in [5.41, 5.74) is 0.614. The lowest BCUT2D eigenvalue weighted by molar-refractivity contribution is -0.135. The van der Waals surface area contributed by atoms with Crippen molar-refractivity contribution in [3.8, 4) is 0 Å². The number of carbonyl (C=O) groups is 1. The first kappa shape index (κ1) is 21.0. The minimum absolute atomic E-state index is 0.0222. The van der Waals surface area contributed by atoms with E-state index in [9.17, 15) is 13.2 Å². The predicted octanol–water partition coefficient (Wildman–Crippen LogP) is 0.994. The van der Waals surface area contributed by atoms with Gasteiger partial charge in [0.1, 0.15) is 4.90 Å². The second-order valence-electron chi connectivity index (χ2n) is 8.24. The number of rotatable bonds is 4. The fraction of sp³-hybridized carbons (Fsp3) is 0.737. The van der Waals surface area contributed by atoms with E-state index < -0.39 is 9.84 Å². The largest absolute Gasteiger partial charge is 0.342 e. The minimum Gasteiger partial charge on any atom is -0.342 e. The number of anilines is 1. The highest BCUT2D eigenvalue weighted by Crippen LogP contribution is 2.32. The first-order valence-electron chi connectivity index (χ1n) is 9.96. The van der Waals surface area contributed by atoms with Gasteiger partial charge in [0.15, 0.2) is 9.84 Å². The zero-order valence-corrected chi connectivity index (χ0v) is 18.1. The summed E-state index contributed by atoms with van der Waals surface area (Å²) < 4.78 is 24.6. The van der Waals surface area contributed by atoms with Gasteiger partial charge in [-0.1, -0.05) is 13.8 Å². The number of piperidine rings is 1. The molecular formula is C19H31N5O3S. The van der Waals surface area contributed by atoms with Crippen LogP contribution in [0.25, 0.3) is 0 Å². The molecule has 1 aromatic rings. The Bertz CT molecular complexity index is 811. The standard InChI is InChI=1S/C19H31N5O3S/c1-14(2)18(25)23-7-5-15(6-8-23)17-16(28(4,26)27)13-20-19(21-17)24-11-9-22(3)10-12-24/h13-15H,5-12H2,1-4H3. The molecule has 28 heavy (non-hydrogen) atoms. The quantitative estimate of drug-likeness (QED) is 0.733. The van der Waals surface area contributed by atoms with Crippen molar-refractivity contribution in [3.05, 3.63) is 11.9 Å². The molecule has 0 radical (unpaired) electrons. The van der Waals surface area contributed by atoms with Gasteiger partial charge < -0.3 is 14.7 Å². The highest BCUT2D eigenvalue weighted by molar-refractivity contribution is 7.90. The summed E-state index contributed by atoms with van der Waals surface area (Å²) in [6.07, 6.45) is 4.12. The molecule has 3 rings (SSSR count). The molecule has 156 valence electrons. The van der Waals surface area contributed by atoms with Crippen LogP contribution in [0.5, 0.6) is 0 Å². The Morgan fingerprint density at radius 3 is 2.25 bits per heavy atom. The molecule has 0 bridgehead atoms. The van der Waals surface area contributed by atoms with Crippen LogP contribution >= 0.6 is 0 Å². The molecule has 0 atom stereocenters. The average molecular weight is 410 g/mol. The van der Waals surface area contributed by atoms with Crippen molar-refractivity contribution < 1.29 is 13.2 Å². The number of amides is 1. The maximum Gasteiger partial charge on any atom is 0.225 e. The number of hydrogen-bond donors (Lipinski definition) is 0.